The zero-order valence-corrected chi connectivity index (χ0v) is 24.7. The summed E-state index contributed by atoms with van der Waals surface area (Å²) < 4.78 is 24.2. The lowest BCUT2D eigenvalue weighted by Crippen LogP contribution is -2.20. The topological polar surface area (TPSA) is 155 Å². The number of aromatic nitrogens is 2. The molecule has 2 heterocycles. The van der Waals surface area contributed by atoms with E-state index >= 15 is 0 Å². The third-order valence-corrected chi connectivity index (χ3v) is 7.10. The van der Waals surface area contributed by atoms with Crippen molar-refractivity contribution < 1.29 is 23.6 Å². The summed E-state index contributed by atoms with van der Waals surface area (Å²) in [5, 5.41) is 27.1. The fraction of sp³-hybridized carbons (Fsp3) is 0.118. The normalized spacial score (nSPS) is 11.2. The van der Waals surface area contributed by atoms with Gasteiger partial charge in [0.1, 0.15) is 17.9 Å². The van der Waals surface area contributed by atoms with Crippen LogP contribution in [0.5, 0.6) is 17.2 Å². The molecule has 12 heteroatoms. The van der Waals surface area contributed by atoms with Crippen LogP contribution < -0.4 is 19.8 Å². The van der Waals surface area contributed by atoms with E-state index in [1.54, 1.807) is 86.8 Å². The van der Waals surface area contributed by atoms with Crippen LogP contribution in [0.2, 0.25) is 0 Å². The molecule has 0 amide bonds. The lowest BCUT2D eigenvalue weighted by atomic mass is 10.1. The van der Waals surface area contributed by atoms with Gasteiger partial charge in [0.15, 0.2) is 11.5 Å². The Morgan fingerprint density at radius 2 is 1.83 bits per heavy atom. The Hall–Kier alpha value is -6.48. The van der Waals surface area contributed by atoms with E-state index in [0.29, 0.717) is 38.7 Å². The molecule has 0 radical (unpaired) electrons. The highest BCUT2D eigenvalue weighted by atomic mass is 16.6. The van der Waals surface area contributed by atoms with Gasteiger partial charge >= 0.3 is 5.69 Å². The molecule has 0 unspecified atom stereocenters. The lowest BCUT2D eigenvalue weighted by molar-refractivity contribution is -0.386. The molecule has 0 aliphatic heterocycles. The van der Waals surface area contributed by atoms with Gasteiger partial charge in [0.2, 0.25) is 11.6 Å². The predicted molar refractivity (Wildman–Crippen MR) is 171 cm³/mol. The van der Waals surface area contributed by atoms with Crippen molar-refractivity contribution in [2.45, 2.75) is 13.5 Å². The van der Waals surface area contributed by atoms with E-state index in [1.165, 1.54) is 18.3 Å². The largest absolute Gasteiger partial charge is 0.496 e. The average Bonchev–Trinajstić information content (AvgIpc) is 3.52. The molecule has 0 saturated carbocycles. The summed E-state index contributed by atoms with van der Waals surface area (Å²) in [7, 11) is 1.55. The third kappa shape index (κ3) is 5.60. The van der Waals surface area contributed by atoms with Gasteiger partial charge in [0, 0.05) is 17.2 Å². The van der Waals surface area contributed by atoms with E-state index < -0.39 is 10.5 Å². The van der Waals surface area contributed by atoms with Crippen molar-refractivity contribution in [1.29, 1.82) is 5.26 Å². The van der Waals surface area contributed by atoms with E-state index in [0.717, 1.165) is 4.68 Å². The van der Waals surface area contributed by atoms with Crippen LogP contribution in [0.15, 0.2) is 99.2 Å². The van der Waals surface area contributed by atoms with Gasteiger partial charge in [-0.25, -0.2) is 4.98 Å². The van der Waals surface area contributed by atoms with Crippen molar-refractivity contribution in [2.75, 3.05) is 13.7 Å². The highest BCUT2D eigenvalue weighted by Gasteiger charge is 2.24. The van der Waals surface area contributed by atoms with Crippen LogP contribution in [-0.4, -0.2) is 34.5 Å². The minimum Gasteiger partial charge on any atom is -0.496 e. The van der Waals surface area contributed by atoms with Crippen molar-refractivity contribution in [1.82, 2.24) is 9.66 Å². The van der Waals surface area contributed by atoms with Gasteiger partial charge in [-0.15, -0.1) is 0 Å². The van der Waals surface area contributed by atoms with Crippen LogP contribution in [0, 0.1) is 21.4 Å². The van der Waals surface area contributed by atoms with Crippen molar-refractivity contribution in [3.05, 3.63) is 122 Å². The number of nitro benzene ring substituents is 1. The second-order valence-electron chi connectivity index (χ2n) is 9.91. The summed E-state index contributed by atoms with van der Waals surface area (Å²) in [6.45, 7) is 1.83. The highest BCUT2D eigenvalue weighted by Crippen LogP contribution is 2.39. The molecule has 4 aromatic carbocycles. The molecule has 0 fully saturated rings. The number of benzene rings is 4. The molecule has 228 valence electrons. The van der Waals surface area contributed by atoms with Gasteiger partial charge < -0.3 is 18.6 Å². The predicted octanol–water partition coefficient (Wildman–Crippen LogP) is 6.46. The molecule has 0 bridgehead atoms. The van der Waals surface area contributed by atoms with Gasteiger partial charge in [0.25, 0.3) is 5.56 Å². The number of nitriles is 1. The molecular formula is C34H25N5O7. The van der Waals surface area contributed by atoms with Gasteiger partial charge in [-0.3, -0.25) is 14.9 Å². The maximum absolute atomic E-state index is 13.7. The Bertz CT molecular complexity index is 2250. The smallest absolute Gasteiger partial charge is 0.315 e. The van der Waals surface area contributed by atoms with E-state index in [9.17, 15) is 20.2 Å². The summed E-state index contributed by atoms with van der Waals surface area (Å²) in [6, 6.07) is 25.6. The van der Waals surface area contributed by atoms with Crippen LogP contribution in [-0.2, 0) is 6.61 Å². The first-order valence-electron chi connectivity index (χ1n) is 14.1. The second-order valence-corrected chi connectivity index (χ2v) is 9.91. The quantitative estimate of drug-likeness (QED) is 0.0959. The molecule has 0 aliphatic rings. The van der Waals surface area contributed by atoms with Crippen LogP contribution >= 0.6 is 0 Å². The number of ether oxygens (including phenoxy) is 3. The Labute approximate surface area is 261 Å². The number of para-hydroxylation sites is 1. The number of furan rings is 1. The molecule has 0 atom stereocenters. The summed E-state index contributed by atoms with van der Waals surface area (Å²) in [6.07, 6.45) is 1.30. The van der Waals surface area contributed by atoms with Crippen LogP contribution in [0.4, 0.5) is 5.69 Å². The molecule has 12 nitrogen and oxygen atoms in total. The first-order chi connectivity index (χ1) is 22.4. The standard InChI is InChI=1S/C34H25N5O7/c1-3-44-30-16-21(15-27(39(41)42)32(30)45-20-23-10-5-4-9-22(23)18-35)19-36-38-33(37-26-12-7-6-11-24(26)34(38)40)31-17-25-28(43-2)13-8-14-29(25)46-31/h4-17,19H,3,20H2,1-2H3. The fourth-order valence-electron chi connectivity index (χ4n) is 4.97. The van der Waals surface area contributed by atoms with Crippen LogP contribution in [0.3, 0.4) is 0 Å². The molecule has 6 rings (SSSR count). The minimum absolute atomic E-state index is 0.0954. The van der Waals surface area contributed by atoms with E-state index in [-0.39, 0.29) is 47.5 Å². The molecule has 0 spiro atoms. The lowest BCUT2D eigenvalue weighted by Gasteiger charge is -2.14. The van der Waals surface area contributed by atoms with Crippen molar-refractivity contribution in [3.8, 4) is 34.9 Å². The zero-order valence-electron chi connectivity index (χ0n) is 24.7. The number of rotatable bonds is 10. The van der Waals surface area contributed by atoms with E-state index in [1.807, 2.05) is 0 Å². The summed E-state index contributed by atoms with van der Waals surface area (Å²) in [5.41, 5.74) is 1.33. The number of hydrogen-bond acceptors (Lipinski definition) is 10. The Balaban J connectivity index is 1.46. The number of nitro groups is 1. The number of hydrogen-bond donors (Lipinski definition) is 0. The molecule has 6 aromatic rings. The van der Waals surface area contributed by atoms with Gasteiger partial charge in [-0.1, -0.05) is 36.4 Å². The minimum atomic E-state index is -0.595. The first-order valence-corrected chi connectivity index (χ1v) is 14.1. The number of methoxy groups -OCH3 is 1. The highest BCUT2D eigenvalue weighted by molar-refractivity contribution is 5.89. The molecule has 0 N–H and O–H groups in total. The SMILES string of the molecule is CCOc1cc(C=Nn2c(-c3cc4c(OC)cccc4o3)nc3ccccc3c2=O)cc([N+](=O)[O-])c1OCc1ccccc1C#N. The number of fused-ring (bicyclic) bond motifs is 2. The molecule has 0 saturated heterocycles. The summed E-state index contributed by atoms with van der Waals surface area (Å²) in [4.78, 5) is 30.0. The average molecular weight is 616 g/mol. The zero-order chi connectivity index (χ0) is 32.2. The van der Waals surface area contributed by atoms with Crippen LogP contribution in [0.1, 0.15) is 23.6 Å². The van der Waals surface area contributed by atoms with Gasteiger partial charge in [-0.05, 0) is 49.4 Å². The molecule has 0 aliphatic carbocycles. The fourth-order valence-corrected chi connectivity index (χ4v) is 4.97. The van der Waals surface area contributed by atoms with Crippen LogP contribution in [0.25, 0.3) is 33.5 Å². The van der Waals surface area contributed by atoms with Gasteiger partial charge in [0.05, 0.1) is 52.8 Å². The third-order valence-electron chi connectivity index (χ3n) is 7.10. The van der Waals surface area contributed by atoms with Crippen molar-refractivity contribution >= 4 is 33.8 Å². The van der Waals surface area contributed by atoms with E-state index in [4.69, 9.17) is 18.6 Å². The van der Waals surface area contributed by atoms with Gasteiger partial charge in [-0.2, -0.15) is 15.0 Å². The Morgan fingerprint density at radius 3 is 2.61 bits per heavy atom. The van der Waals surface area contributed by atoms with Crippen molar-refractivity contribution in [3.63, 3.8) is 0 Å². The Morgan fingerprint density at radius 1 is 1.02 bits per heavy atom. The number of nitrogens with zero attached hydrogens (tertiary/aromatic N) is 5. The molecule has 46 heavy (non-hydrogen) atoms. The first kappa shape index (κ1) is 29.6. The van der Waals surface area contributed by atoms with Crippen molar-refractivity contribution in [2.24, 2.45) is 5.10 Å². The van der Waals surface area contributed by atoms with E-state index in [2.05, 4.69) is 16.2 Å². The maximum Gasteiger partial charge on any atom is 0.315 e. The second kappa shape index (κ2) is 12.6. The monoisotopic (exact) mass is 615 g/mol. The molecule has 2 aromatic heterocycles. The Kier molecular flexibility index (Phi) is 8.12. The maximum atomic E-state index is 13.7. The summed E-state index contributed by atoms with van der Waals surface area (Å²) in [5.74, 6) is 0.968. The summed E-state index contributed by atoms with van der Waals surface area (Å²) >= 11 is 0. The molecular weight excluding hydrogens is 590 g/mol.